The highest BCUT2D eigenvalue weighted by molar-refractivity contribution is 5.92. The predicted molar refractivity (Wildman–Crippen MR) is 103 cm³/mol. The number of carbonyl (C=O) groups excluding carboxylic acids is 2. The Bertz CT molecular complexity index is 637. The van der Waals surface area contributed by atoms with E-state index in [9.17, 15) is 9.59 Å². The molecular weight excluding hydrogens is 346 g/mol. The van der Waals surface area contributed by atoms with Gasteiger partial charge < -0.3 is 19.5 Å². The molecule has 6 heteroatoms. The average Bonchev–Trinajstić information content (AvgIpc) is 3.13. The lowest BCUT2D eigenvalue weighted by molar-refractivity contribution is -0.129. The maximum Gasteiger partial charge on any atom is 0.339 e. The van der Waals surface area contributed by atoms with E-state index in [0.717, 1.165) is 25.7 Å². The van der Waals surface area contributed by atoms with Crippen LogP contribution in [0.5, 0.6) is 11.5 Å². The van der Waals surface area contributed by atoms with Crippen molar-refractivity contribution in [3.63, 3.8) is 0 Å². The van der Waals surface area contributed by atoms with Crippen molar-refractivity contribution >= 4 is 11.9 Å². The van der Waals surface area contributed by atoms with Crippen LogP contribution < -0.4 is 14.8 Å². The normalized spacial score (nSPS) is 15.4. The summed E-state index contributed by atoms with van der Waals surface area (Å²) >= 11 is 0. The predicted octanol–water partition coefficient (Wildman–Crippen LogP) is 3.72. The summed E-state index contributed by atoms with van der Waals surface area (Å²) in [6.07, 6.45) is 3.39. The SMILES string of the molecule is CCOc1cc(C(=O)OC(C)C(=O)NC2CCCC2)ccc1OCC(C)C. The molecule has 0 radical (unpaired) electrons. The molecule has 0 bridgehead atoms. The van der Waals surface area contributed by atoms with Gasteiger partial charge in [0.25, 0.3) is 5.91 Å². The Labute approximate surface area is 161 Å². The quantitative estimate of drug-likeness (QED) is 0.664. The summed E-state index contributed by atoms with van der Waals surface area (Å²) in [6, 6.07) is 5.12. The van der Waals surface area contributed by atoms with Crippen LogP contribution in [0.2, 0.25) is 0 Å². The van der Waals surface area contributed by atoms with E-state index in [2.05, 4.69) is 19.2 Å². The Morgan fingerprint density at radius 3 is 2.44 bits per heavy atom. The van der Waals surface area contributed by atoms with Crippen molar-refractivity contribution in [2.24, 2.45) is 5.92 Å². The summed E-state index contributed by atoms with van der Waals surface area (Å²) in [4.78, 5) is 24.6. The van der Waals surface area contributed by atoms with Gasteiger partial charge in [0.2, 0.25) is 0 Å². The Hall–Kier alpha value is -2.24. The number of rotatable bonds is 9. The molecule has 0 aliphatic heterocycles. The summed E-state index contributed by atoms with van der Waals surface area (Å²) < 4.78 is 16.7. The molecule has 1 atom stereocenters. The summed E-state index contributed by atoms with van der Waals surface area (Å²) in [5, 5.41) is 2.94. The van der Waals surface area contributed by atoms with Crippen LogP contribution in [0.25, 0.3) is 0 Å². The van der Waals surface area contributed by atoms with Crippen molar-refractivity contribution in [1.29, 1.82) is 0 Å². The third-order valence-corrected chi connectivity index (χ3v) is 4.41. The zero-order valence-electron chi connectivity index (χ0n) is 16.7. The topological polar surface area (TPSA) is 73.9 Å². The molecule has 1 aliphatic carbocycles. The highest BCUT2D eigenvalue weighted by atomic mass is 16.5. The van der Waals surface area contributed by atoms with Crippen LogP contribution in [0, 0.1) is 5.92 Å². The van der Waals surface area contributed by atoms with E-state index in [-0.39, 0.29) is 11.9 Å². The maximum absolute atomic E-state index is 12.4. The zero-order chi connectivity index (χ0) is 19.8. The van der Waals surface area contributed by atoms with Crippen molar-refractivity contribution in [2.75, 3.05) is 13.2 Å². The molecule has 0 spiro atoms. The van der Waals surface area contributed by atoms with E-state index in [1.54, 1.807) is 25.1 Å². The van der Waals surface area contributed by atoms with Crippen LogP contribution in [0.1, 0.15) is 63.7 Å². The van der Waals surface area contributed by atoms with E-state index < -0.39 is 12.1 Å². The van der Waals surface area contributed by atoms with Gasteiger partial charge in [-0.3, -0.25) is 4.79 Å². The van der Waals surface area contributed by atoms with E-state index in [4.69, 9.17) is 14.2 Å². The van der Waals surface area contributed by atoms with E-state index in [0.29, 0.717) is 36.2 Å². The van der Waals surface area contributed by atoms with Gasteiger partial charge in [-0.25, -0.2) is 4.79 Å². The van der Waals surface area contributed by atoms with Gasteiger partial charge in [-0.05, 0) is 50.8 Å². The Balaban J connectivity index is 1.99. The molecule has 1 saturated carbocycles. The van der Waals surface area contributed by atoms with Crippen LogP contribution in [-0.2, 0) is 9.53 Å². The van der Waals surface area contributed by atoms with Gasteiger partial charge in [0.15, 0.2) is 17.6 Å². The molecule has 0 saturated heterocycles. The summed E-state index contributed by atoms with van der Waals surface area (Å²) in [5.41, 5.74) is 0.330. The molecule has 0 aromatic heterocycles. The number of hydrogen-bond acceptors (Lipinski definition) is 5. The van der Waals surface area contributed by atoms with Crippen molar-refractivity contribution in [3.05, 3.63) is 23.8 Å². The monoisotopic (exact) mass is 377 g/mol. The molecule has 27 heavy (non-hydrogen) atoms. The van der Waals surface area contributed by atoms with Gasteiger partial charge in [-0.2, -0.15) is 0 Å². The molecule has 2 rings (SSSR count). The summed E-state index contributed by atoms with van der Waals surface area (Å²) in [6.45, 7) is 8.59. The Morgan fingerprint density at radius 1 is 1.11 bits per heavy atom. The highest BCUT2D eigenvalue weighted by Crippen LogP contribution is 2.29. The number of ether oxygens (including phenoxy) is 3. The van der Waals surface area contributed by atoms with Crippen molar-refractivity contribution in [2.45, 2.75) is 65.5 Å². The lowest BCUT2D eigenvalue weighted by Crippen LogP contribution is -2.40. The van der Waals surface area contributed by atoms with E-state index >= 15 is 0 Å². The molecule has 0 heterocycles. The Morgan fingerprint density at radius 2 is 1.81 bits per heavy atom. The first-order chi connectivity index (χ1) is 12.9. The van der Waals surface area contributed by atoms with Crippen LogP contribution in [0.4, 0.5) is 0 Å². The second-order valence-corrected chi connectivity index (χ2v) is 7.34. The molecule has 1 unspecified atom stereocenters. The first-order valence-corrected chi connectivity index (χ1v) is 9.81. The van der Waals surface area contributed by atoms with Crippen molar-refractivity contribution in [3.8, 4) is 11.5 Å². The molecule has 1 aromatic carbocycles. The fraction of sp³-hybridized carbons (Fsp3) is 0.619. The van der Waals surface area contributed by atoms with Crippen LogP contribution in [0.3, 0.4) is 0 Å². The highest BCUT2D eigenvalue weighted by Gasteiger charge is 2.24. The number of hydrogen-bond donors (Lipinski definition) is 1. The van der Waals surface area contributed by atoms with Gasteiger partial charge >= 0.3 is 5.97 Å². The lowest BCUT2D eigenvalue weighted by atomic mass is 10.2. The number of benzene rings is 1. The molecule has 6 nitrogen and oxygen atoms in total. The van der Waals surface area contributed by atoms with Gasteiger partial charge in [0.1, 0.15) is 0 Å². The zero-order valence-corrected chi connectivity index (χ0v) is 16.7. The molecule has 150 valence electrons. The summed E-state index contributed by atoms with van der Waals surface area (Å²) in [5.74, 6) is 0.658. The Kier molecular flexibility index (Phi) is 7.95. The average molecular weight is 377 g/mol. The third kappa shape index (κ3) is 6.45. The van der Waals surface area contributed by atoms with Crippen LogP contribution in [0.15, 0.2) is 18.2 Å². The molecule has 1 N–H and O–H groups in total. The largest absolute Gasteiger partial charge is 0.490 e. The summed E-state index contributed by atoms with van der Waals surface area (Å²) in [7, 11) is 0. The second-order valence-electron chi connectivity index (χ2n) is 7.34. The lowest BCUT2D eigenvalue weighted by Gasteiger charge is -2.18. The fourth-order valence-corrected chi connectivity index (χ4v) is 2.95. The van der Waals surface area contributed by atoms with Gasteiger partial charge in [-0.1, -0.05) is 26.7 Å². The number of amides is 1. The minimum atomic E-state index is -0.842. The first kappa shape index (κ1) is 21.1. The van der Waals surface area contributed by atoms with Crippen molar-refractivity contribution < 1.29 is 23.8 Å². The number of esters is 1. The van der Waals surface area contributed by atoms with Crippen molar-refractivity contribution in [1.82, 2.24) is 5.32 Å². The van der Waals surface area contributed by atoms with Gasteiger partial charge in [0, 0.05) is 6.04 Å². The maximum atomic E-state index is 12.4. The molecule has 1 fully saturated rings. The van der Waals surface area contributed by atoms with Crippen LogP contribution >= 0.6 is 0 Å². The molecule has 1 amide bonds. The fourth-order valence-electron chi connectivity index (χ4n) is 2.95. The third-order valence-electron chi connectivity index (χ3n) is 4.41. The van der Waals surface area contributed by atoms with E-state index in [1.807, 2.05) is 6.92 Å². The second kappa shape index (κ2) is 10.2. The smallest absolute Gasteiger partial charge is 0.339 e. The molecular formula is C21H31NO5. The number of nitrogens with one attached hydrogen (secondary N) is 1. The molecule has 1 aromatic rings. The minimum absolute atomic E-state index is 0.195. The van der Waals surface area contributed by atoms with Gasteiger partial charge in [-0.15, -0.1) is 0 Å². The standard InChI is InChI=1S/C21H31NO5/c1-5-25-19-12-16(10-11-18(19)26-13-14(2)3)21(24)27-15(4)20(23)22-17-8-6-7-9-17/h10-12,14-15,17H,5-9,13H2,1-4H3,(H,22,23). The van der Waals surface area contributed by atoms with E-state index in [1.165, 1.54) is 0 Å². The first-order valence-electron chi connectivity index (χ1n) is 9.81. The molecule has 1 aliphatic rings. The van der Waals surface area contributed by atoms with Gasteiger partial charge in [0.05, 0.1) is 18.8 Å². The van der Waals surface area contributed by atoms with Crippen LogP contribution in [-0.4, -0.2) is 37.2 Å². The minimum Gasteiger partial charge on any atom is -0.490 e. The number of carbonyl (C=O) groups is 2.